The molecule has 0 amide bonds. The number of aliphatic hydroxyl groups is 1. The molecule has 0 saturated heterocycles. The minimum atomic E-state index is -1.15. The topological polar surface area (TPSA) is 82.1 Å². The molecule has 148 valence electrons. The SMILES string of the molecule is CCOC(=O)C(C(=O)OCC)C1c2ccccc2COc2cc(CO)ccc21. The Kier molecular flexibility index (Phi) is 6.31. The van der Waals surface area contributed by atoms with E-state index in [1.54, 1.807) is 32.0 Å². The Bertz CT molecular complexity index is 842. The smallest absolute Gasteiger partial charge is 0.321 e. The number of benzene rings is 2. The number of hydrogen-bond acceptors (Lipinski definition) is 6. The van der Waals surface area contributed by atoms with Crippen molar-refractivity contribution in [3.8, 4) is 5.75 Å². The van der Waals surface area contributed by atoms with E-state index in [1.165, 1.54) is 0 Å². The predicted molar refractivity (Wildman–Crippen MR) is 102 cm³/mol. The normalized spacial score (nSPS) is 15.1. The summed E-state index contributed by atoms with van der Waals surface area (Å²) in [4.78, 5) is 25.6. The zero-order valence-corrected chi connectivity index (χ0v) is 16.0. The monoisotopic (exact) mass is 384 g/mol. The molecule has 1 heterocycles. The molecule has 0 fully saturated rings. The fourth-order valence-corrected chi connectivity index (χ4v) is 3.54. The Labute approximate surface area is 164 Å². The Morgan fingerprint density at radius 1 is 1.07 bits per heavy atom. The largest absolute Gasteiger partial charge is 0.489 e. The molecule has 3 rings (SSSR count). The first-order valence-electron chi connectivity index (χ1n) is 9.38. The van der Waals surface area contributed by atoms with Crippen LogP contribution in [0.3, 0.4) is 0 Å². The van der Waals surface area contributed by atoms with Crippen LogP contribution in [0.2, 0.25) is 0 Å². The van der Waals surface area contributed by atoms with Gasteiger partial charge in [-0.1, -0.05) is 36.4 Å². The van der Waals surface area contributed by atoms with Crippen LogP contribution in [0.25, 0.3) is 0 Å². The van der Waals surface area contributed by atoms with Gasteiger partial charge in [0.15, 0.2) is 5.92 Å². The first-order valence-corrected chi connectivity index (χ1v) is 9.38. The van der Waals surface area contributed by atoms with E-state index < -0.39 is 23.8 Å². The van der Waals surface area contributed by atoms with Crippen molar-refractivity contribution < 1.29 is 28.9 Å². The second kappa shape index (κ2) is 8.89. The molecule has 0 radical (unpaired) electrons. The molecule has 0 aliphatic carbocycles. The summed E-state index contributed by atoms with van der Waals surface area (Å²) in [6, 6.07) is 12.8. The molecule has 0 aromatic heterocycles. The van der Waals surface area contributed by atoms with Crippen LogP contribution in [0, 0.1) is 5.92 Å². The van der Waals surface area contributed by atoms with Crippen LogP contribution in [0.15, 0.2) is 42.5 Å². The first-order chi connectivity index (χ1) is 13.6. The second-order valence-electron chi connectivity index (χ2n) is 6.48. The molecule has 28 heavy (non-hydrogen) atoms. The third-order valence-electron chi connectivity index (χ3n) is 4.78. The molecule has 2 aromatic carbocycles. The summed E-state index contributed by atoms with van der Waals surface area (Å²) in [5.41, 5.74) is 3.08. The van der Waals surface area contributed by atoms with Gasteiger partial charge in [-0.2, -0.15) is 0 Å². The molecule has 1 N–H and O–H groups in total. The summed E-state index contributed by atoms with van der Waals surface area (Å²) in [5, 5.41) is 9.47. The zero-order chi connectivity index (χ0) is 20.1. The van der Waals surface area contributed by atoms with Crippen LogP contribution >= 0.6 is 0 Å². The molecule has 0 saturated carbocycles. The number of aliphatic hydroxyl groups excluding tert-OH is 1. The van der Waals surface area contributed by atoms with Crippen LogP contribution in [0.5, 0.6) is 5.75 Å². The highest BCUT2D eigenvalue weighted by molar-refractivity contribution is 5.97. The maximum Gasteiger partial charge on any atom is 0.321 e. The predicted octanol–water partition coefficient (Wildman–Crippen LogP) is 2.95. The van der Waals surface area contributed by atoms with Crippen molar-refractivity contribution in [2.45, 2.75) is 33.0 Å². The van der Waals surface area contributed by atoms with Gasteiger partial charge >= 0.3 is 11.9 Å². The highest BCUT2D eigenvalue weighted by Gasteiger charge is 2.42. The molecule has 2 aromatic rings. The molecule has 0 bridgehead atoms. The van der Waals surface area contributed by atoms with Crippen LogP contribution in [0.4, 0.5) is 0 Å². The van der Waals surface area contributed by atoms with E-state index in [9.17, 15) is 14.7 Å². The maximum absolute atomic E-state index is 12.8. The molecule has 1 atom stereocenters. The highest BCUT2D eigenvalue weighted by Crippen LogP contribution is 2.43. The Morgan fingerprint density at radius 2 is 1.75 bits per heavy atom. The van der Waals surface area contributed by atoms with Crippen molar-refractivity contribution in [2.24, 2.45) is 5.92 Å². The van der Waals surface area contributed by atoms with E-state index >= 15 is 0 Å². The minimum Gasteiger partial charge on any atom is -0.489 e. The van der Waals surface area contributed by atoms with E-state index in [-0.39, 0.29) is 19.8 Å². The van der Waals surface area contributed by atoms with E-state index in [1.807, 2.05) is 24.3 Å². The van der Waals surface area contributed by atoms with Crippen molar-refractivity contribution in [3.05, 3.63) is 64.7 Å². The molecule has 6 nitrogen and oxygen atoms in total. The lowest BCUT2D eigenvalue weighted by Crippen LogP contribution is -2.34. The van der Waals surface area contributed by atoms with Crippen LogP contribution in [-0.2, 0) is 32.3 Å². The molecule has 1 aliphatic rings. The lowest BCUT2D eigenvalue weighted by molar-refractivity contribution is -0.162. The third kappa shape index (κ3) is 3.87. The first kappa shape index (κ1) is 19.9. The average molecular weight is 384 g/mol. The number of rotatable bonds is 6. The number of fused-ring (bicyclic) bond motifs is 2. The number of carbonyl (C=O) groups excluding carboxylic acids is 2. The zero-order valence-electron chi connectivity index (χ0n) is 16.0. The van der Waals surface area contributed by atoms with Gasteiger partial charge in [0.05, 0.1) is 19.8 Å². The van der Waals surface area contributed by atoms with Gasteiger partial charge < -0.3 is 19.3 Å². The van der Waals surface area contributed by atoms with Crippen LogP contribution in [0.1, 0.15) is 42.0 Å². The summed E-state index contributed by atoms with van der Waals surface area (Å²) >= 11 is 0. The van der Waals surface area contributed by atoms with E-state index in [0.717, 1.165) is 11.1 Å². The summed E-state index contributed by atoms with van der Waals surface area (Å²) in [5.74, 6) is -2.48. The van der Waals surface area contributed by atoms with Gasteiger partial charge in [-0.25, -0.2) is 0 Å². The van der Waals surface area contributed by atoms with Gasteiger partial charge in [0.1, 0.15) is 12.4 Å². The van der Waals surface area contributed by atoms with E-state index in [2.05, 4.69) is 0 Å². The van der Waals surface area contributed by atoms with Gasteiger partial charge in [-0.05, 0) is 36.6 Å². The Balaban J connectivity index is 2.20. The van der Waals surface area contributed by atoms with Crippen molar-refractivity contribution in [3.63, 3.8) is 0 Å². The fourth-order valence-electron chi connectivity index (χ4n) is 3.54. The highest BCUT2D eigenvalue weighted by atomic mass is 16.6. The quantitative estimate of drug-likeness (QED) is 0.609. The standard InChI is InChI=1S/C22H24O6/c1-3-26-21(24)20(22(25)27-4-2)19-16-8-6-5-7-15(16)13-28-18-11-14(12-23)9-10-17(18)19/h5-11,19-20,23H,3-4,12-13H2,1-2H3. The van der Waals surface area contributed by atoms with Gasteiger partial charge in [0, 0.05) is 11.5 Å². The minimum absolute atomic E-state index is 0.132. The molecule has 0 spiro atoms. The molecular formula is C22H24O6. The lowest BCUT2D eigenvalue weighted by atomic mass is 9.78. The number of carbonyl (C=O) groups is 2. The summed E-state index contributed by atoms with van der Waals surface area (Å²) in [6.07, 6.45) is 0. The molecular weight excluding hydrogens is 360 g/mol. The van der Waals surface area contributed by atoms with Crippen molar-refractivity contribution >= 4 is 11.9 Å². The van der Waals surface area contributed by atoms with Crippen molar-refractivity contribution in [2.75, 3.05) is 13.2 Å². The van der Waals surface area contributed by atoms with Crippen molar-refractivity contribution in [1.29, 1.82) is 0 Å². The van der Waals surface area contributed by atoms with E-state index in [0.29, 0.717) is 23.5 Å². The van der Waals surface area contributed by atoms with Crippen molar-refractivity contribution in [1.82, 2.24) is 0 Å². The Morgan fingerprint density at radius 3 is 2.39 bits per heavy atom. The van der Waals surface area contributed by atoms with Gasteiger partial charge in [-0.3, -0.25) is 9.59 Å². The van der Waals surface area contributed by atoms with Gasteiger partial charge in [0.2, 0.25) is 0 Å². The lowest BCUT2D eigenvalue weighted by Gasteiger charge is -2.25. The second-order valence-corrected chi connectivity index (χ2v) is 6.48. The van der Waals surface area contributed by atoms with Crippen LogP contribution < -0.4 is 4.74 Å². The van der Waals surface area contributed by atoms with Gasteiger partial charge in [0.25, 0.3) is 0 Å². The number of hydrogen-bond donors (Lipinski definition) is 1. The number of esters is 2. The molecule has 1 unspecified atom stereocenters. The summed E-state index contributed by atoms with van der Waals surface area (Å²) < 4.78 is 16.4. The Hall–Kier alpha value is -2.86. The van der Waals surface area contributed by atoms with E-state index in [4.69, 9.17) is 14.2 Å². The number of ether oxygens (including phenoxy) is 3. The average Bonchev–Trinajstić information content (AvgIpc) is 2.86. The molecule has 1 aliphatic heterocycles. The third-order valence-corrected chi connectivity index (χ3v) is 4.78. The summed E-state index contributed by atoms with van der Waals surface area (Å²) in [6.45, 7) is 3.89. The van der Waals surface area contributed by atoms with Crippen LogP contribution in [-0.4, -0.2) is 30.3 Å². The molecule has 6 heteroatoms. The summed E-state index contributed by atoms with van der Waals surface area (Å²) in [7, 11) is 0. The maximum atomic E-state index is 12.8. The van der Waals surface area contributed by atoms with Gasteiger partial charge in [-0.15, -0.1) is 0 Å². The fraction of sp³-hybridized carbons (Fsp3) is 0.364.